The molecule has 0 rings (SSSR count). The van der Waals surface area contributed by atoms with Crippen LogP contribution in [0.3, 0.4) is 0 Å². The molecule has 15 heavy (non-hydrogen) atoms. The molecule has 0 saturated carbocycles. The van der Waals surface area contributed by atoms with E-state index in [2.05, 4.69) is 13.0 Å². The molecule has 1 nitrogen and oxygen atoms in total. The fourth-order valence-corrected chi connectivity index (χ4v) is 1.21. The van der Waals surface area contributed by atoms with Gasteiger partial charge >= 0.3 is 0 Å². The summed E-state index contributed by atoms with van der Waals surface area (Å²) in [5.74, 6) is 0.310. The van der Waals surface area contributed by atoms with Crippen molar-refractivity contribution in [1.29, 1.82) is 0 Å². The number of allylic oxidation sites excluding steroid dienone is 4. The predicted molar refractivity (Wildman–Crippen MR) is 66.9 cm³/mol. The molecule has 0 heterocycles. The van der Waals surface area contributed by atoms with Crippen molar-refractivity contribution < 1.29 is 4.79 Å². The van der Waals surface area contributed by atoms with E-state index >= 15 is 0 Å². The Hall–Kier alpha value is -0.850. The number of carbonyl (C=O) groups is 1. The third kappa shape index (κ3) is 9.45. The van der Waals surface area contributed by atoms with Gasteiger partial charge in [0.05, 0.1) is 0 Å². The lowest BCUT2D eigenvalue weighted by Crippen LogP contribution is -2.01. The van der Waals surface area contributed by atoms with E-state index in [1.54, 1.807) is 6.08 Å². The molecule has 0 aliphatic heterocycles. The minimum Gasteiger partial charge on any atom is -0.295 e. The van der Waals surface area contributed by atoms with Gasteiger partial charge in [-0.1, -0.05) is 58.3 Å². The van der Waals surface area contributed by atoms with Gasteiger partial charge in [0.1, 0.15) is 0 Å². The summed E-state index contributed by atoms with van der Waals surface area (Å²) in [6, 6.07) is 0. The lowest BCUT2D eigenvalue weighted by Gasteiger charge is -1.95. The molecule has 0 unspecified atom stereocenters. The molecule has 0 fully saturated rings. The summed E-state index contributed by atoms with van der Waals surface area (Å²) in [5.41, 5.74) is 0. The first-order chi connectivity index (χ1) is 7.18. The maximum atomic E-state index is 11.2. The summed E-state index contributed by atoms with van der Waals surface area (Å²) in [5, 5.41) is 0. The zero-order valence-corrected chi connectivity index (χ0v) is 10.3. The van der Waals surface area contributed by atoms with Gasteiger partial charge in [-0.15, -0.1) is 0 Å². The predicted octanol–water partition coefficient (Wildman–Crippen LogP) is 4.29. The van der Waals surface area contributed by atoms with Gasteiger partial charge in [0.15, 0.2) is 5.78 Å². The highest BCUT2D eigenvalue weighted by atomic mass is 16.1. The van der Waals surface area contributed by atoms with E-state index in [9.17, 15) is 4.79 Å². The summed E-state index contributed by atoms with van der Waals surface area (Å²) in [7, 11) is 0. The molecule has 0 aromatic carbocycles. The van der Waals surface area contributed by atoms with Crippen LogP contribution in [0.4, 0.5) is 0 Å². The first kappa shape index (κ1) is 14.2. The van der Waals surface area contributed by atoms with E-state index in [-0.39, 0.29) is 11.7 Å². The third-order valence-electron chi connectivity index (χ3n) is 2.30. The van der Waals surface area contributed by atoms with Crippen molar-refractivity contribution in [2.24, 2.45) is 5.92 Å². The second kappa shape index (κ2) is 9.70. The minimum absolute atomic E-state index is 0.110. The van der Waals surface area contributed by atoms with E-state index in [1.165, 1.54) is 25.7 Å². The molecular formula is C14H24O. The normalized spacial score (nSPS) is 12.0. The highest BCUT2D eigenvalue weighted by Crippen LogP contribution is 2.03. The quantitative estimate of drug-likeness (QED) is 0.330. The largest absolute Gasteiger partial charge is 0.295 e. The number of unbranched alkanes of at least 4 members (excludes halogenated alkanes) is 4. The van der Waals surface area contributed by atoms with Crippen molar-refractivity contribution in [3.8, 4) is 0 Å². The van der Waals surface area contributed by atoms with Crippen LogP contribution in [0.2, 0.25) is 0 Å². The van der Waals surface area contributed by atoms with Crippen LogP contribution in [0.1, 0.15) is 52.9 Å². The van der Waals surface area contributed by atoms with Crippen LogP contribution in [0, 0.1) is 5.92 Å². The van der Waals surface area contributed by atoms with Gasteiger partial charge in [0, 0.05) is 5.92 Å². The average Bonchev–Trinajstić information content (AvgIpc) is 2.21. The lowest BCUT2D eigenvalue weighted by molar-refractivity contribution is -0.117. The van der Waals surface area contributed by atoms with Crippen LogP contribution in [0.5, 0.6) is 0 Å². The minimum atomic E-state index is 0.110. The second-order valence-corrected chi connectivity index (χ2v) is 4.19. The third-order valence-corrected chi connectivity index (χ3v) is 2.30. The van der Waals surface area contributed by atoms with Crippen LogP contribution in [-0.2, 0) is 4.79 Å². The Bertz CT molecular complexity index is 211. The number of hydrogen-bond donors (Lipinski definition) is 0. The summed E-state index contributed by atoms with van der Waals surface area (Å²) in [4.78, 5) is 11.2. The molecule has 0 atom stereocenters. The van der Waals surface area contributed by atoms with Crippen molar-refractivity contribution in [1.82, 2.24) is 0 Å². The van der Waals surface area contributed by atoms with E-state index in [1.807, 2.05) is 26.0 Å². The standard InChI is InChI=1S/C14H24O/c1-4-5-6-7-8-9-10-11-12-14(15)13(2)3/h9-13H,4-8H2,1-3H3/b10-9+,12-11+. The van der Waals surface area contributed by atoms with E-state index < -0.39 is 0 Å². The lowest BCUT2D eigenvalue weighted by atomic mass is 10.1. The smallest absolute Gasteiger partial charge is 0.158 e. The highest BCUT2D eigenvalue weighted by molar-refractivity contribution is 5.91. The fraction of sp³-hybridized carbons (Fsp3) is 0.643. The monoisotopic (exact) mass is 208 g/mol. The molecule has 86 valence electrons. The van der Waals surface area contributed by atoms with E-state index in [0.29, 0.717) is 0 Å². The molecule has 0 aromatic heterocycles. The van der Waals surface area contributed by atoms with Crippen molar-refractivity contribution >= 4 is 5.78 Å². The van der Waals surface area contributed by atoms with Gasteiger partial charge in [0.25, 0.3) is 0 Å². The molecule has 0 bridgehead atoms. The SMILES string of the molecule is CCCCCC/C=C/C=C/C(=O)C(C)C. The summed E-state index contributed by atoms with van der Waals surface area (Å²) < 4.78 is 0. The van der Waals surface area contributed by atoms with E-state index in [4.69, 9.17) is 0 Å². The average molecular weight is 208 g/mol. The molecule has 0 aliphatic carbocycles. The molecule has 0 spiro atoms. The Labute approximate surface area is 94.3 Å². The van der Waals surface area contributed by atoms with Gasteiger partial charge in [-0.2, -0.15) is 0 Å². The fourth-order valence-electron chi connectivity index (χ4n) is 1.21. The Morgan fingerprint density at radius 2 is 1.87 bits per heavy atom. The second-order valence-electron chi connectivity index (χ2n) is 4.19. The Kier molecular flexibility index (Phi) is 9.15. The highest BCUT2D eigenvalue weighted by Gasteiger charge is 1.99. The molecule has 0 radical (unpaired) electrons. The molecular weight excluding hydrogens is 184 g/mol. The van der Waals surface area contributed by atoms with Crippen molar-refractivity contribution in [2.75, 3.05) is 0 Å². The van der Waals surface area contributed by atoms with Gasteiger partial charge in [-0.25, -0.2) is 0 Å². The van der Waals surface area contributed by atoms with E-state index in [0.717, 1.165) is 6.42 Å². The van der Waals surface area contributed by atoms with Crippen LogP contribution in [0.25, 0.3) is 0 Å². The summed E-state index contributed by atoms with van der Waals surface area (Å²) in [6.45, 7) is 6.05. The van der Waals surface area contributed by atoms with Gasteiger partial charge in [0.2, 0.25) is 0 Å². The van der Waals surface area contributed by atoms with Crippen molar-refractivity contribution in [3.05, 3.63) is 24.3 Å². The van der Waals surface area contributed by atoms with Crippen molar-refractivity contribution in [3.63, 3.8) is 0 Å². The molecule has 0 aliphatic rings. The van der Waals surface area contributed by atoms with Gasteiger partial charge in [-0.3, -0.25) is 4.79 Å². The maximum Gasteiger partial charge on any atom is 0.158 e. The molecule has 1 heteroatoms. The van der Waals surface area contributed by atoms with Crippen LogP contribution in [0.15, 0.2) is 24.3 Å². The molecule has 0 amide bonds. The zero-order chi connectivity index (χ0) is 11.5. The summed E-state index contributed by atoms with van der Waals surface area (Å²) in [6.07, 6.45) is 13.9. The topological polar surface area (TPSA) is 17.1 Å². The molecule has 0 aromatic rings. The Balaban J connectivity index is 3.49. The van der Waals surface area contributed by atoms with Crippen LogP contribution < -0.4 is 0 Å². The molecule has 0 N–H and O–H groups in total. The zero-order valence-electron chi connectivity index (χ0n) is 10.3. The van der Waals surface area contributed by atoms with Gasteiger partial charge in [-0.05, 0) is 18.9 Å². The maximum absolute atomic E-state index is 11.2. The first-order valence-corrected chi connectivity index (χ1v) is 6.05. The summed E-state index contributed by atoms with van der Waals surface area (Å²) >= 11 is 0. The number of ketones is 1. The van der Waals surface area contributed by atoms with Gasteiger partial charge < -0.3 is 0 Å². The Morgan fingerprint density at radius 1 is 1.13 bits per heavy atom. The first-order valence-electron chi connectivity index (χ1n) is 6.05. The van der Waals surface area contributed by atoms with Crippen molar-refractivity contribution in [2.45, 2.75) is 52.9 Å². The van der Waals surface area contributed by atoms with Crippen LogP contribution >= 0.6 is 0 Å². The molecule has 0 saturated heterocycles. The number of rotatable bonds is 8. The Morgan fingerprint density at radius 3 is 2.47 bits per heavy atom. The number of hydrogen-bond acceptors (Lipinski definition) is 1. The van der Waals surface area contributed by atoms with Crippen LogP contribution in [-0.4, -0.2) is 5.78 Å². The number of carbonyl (C=O) groups excluding carboxylic acids is 1.